The highest BCUT2D eigenvalue weighted by Gasteiger charge is 2.21. The second kappa shape index (κ2) is 9.12. The number of aliphatic hydroxyl groups is 1. The maximum absolute atomic E-state index is 15.3. The zero-order valence-corrected chi connectivity index (χ0v) is 18.1. The van der Waals surface area contributed by atoms with Crippen LogP contribution in [0.5, 0.6) is 0 Å². The van der Waals surface area contributed by atoms with Gasteiger partial charge in [-0.2, -0.15) is 4.98 Å². The quantitative estimate of drug-likeness (QED) is 0.387. The van der Waals surface area contributed by atoms with Crippen molar-refractivity contribution in [3.05, 3.63) is 81.7 Å². The van der Waals surface area contributed by atoms with Gasteiger partial charge >= 0.3 is 0 Å². The van der Waals surface area contributed by atoms with E-state index in [-0.39, 0.29) is 35.1 Å². The molecule has 1 amide bonds. The molecule has 0 unspecified atom stereocenters. The number of carbonyl (C=O) groups is 1. The van der Waals surface area contributed by atoms with E-state index in [9.17, 15) is 9.90 Å². The van der Waals surface area contributed by atoms with Gasteiger partial charge in [0, 0.05) is 23.3 Å². The maximum atomic E-state index is 15.3. The molecule has 164 valence electrons. The topological polar surface area (TPSA) is 106 Å². The number of amides is 1. The number of carbonyl (C=O) groups excluding carboxylic acids is 1. The highest BCUT2D eigenvalue weighted by atomic mass is 35.5. The number of hydrogen-bond acceptors (Lipinski definition) is 5. The van der Waals surface area contributed by atoms with Gasteiger partial charge in [-0.1, -0.05) is 35.3 Å². The number of nitrogens with one attached hydrogen (secondary N) is 1. The van der Waals surface area contributed by atoms with Crippen molar-refractivity contribution >= 4 is 40.7 Å². The Bertz CT molecular complexity index is 1290. The Morgan fingerprint density at radius 3 is 2.69 bits per heavy atom. The number of pyridine rings is 1. The highest BCUT2D eigenvalue weighted by molar-refractivity contribution is 6.34. The molecule has 4 rings (SSSR count). The third kappa shape index (κ3) is 4.52. The van der Waals surface area contributed by atoms with Crippen LogP contribution in [-0.2, 0) is 0 Å². The van der Waals surface area contributed by atoms with Crippen molar-refractivity contribution in [3.8, 4) is 11.1 Å². The van der Waals surface area contributed by atoms with E-state index in [4.69, 9.17) is 28.9 Å². The first kappa shape index (κ1) is 22.0. The molecule has 0 bridgehead atoms. The van der Waals surface area contributed by atoms with E-state index >= 15 is 4.39 Å². The first-order valence-corrected chi connectivity index (χ1v) is 10.4. The van der Waals surface area contributed by atoms with Crippen LogP contribution in [-0.4, -0.2) is 32.2 Å². The molecular weight excluding hydrogens is 456 g/mol. The summed E-state index contributed by atoms with van der Waals surface area (Å²) in [6.07, 6.45) is 1.03. The van der Waals surface area contributed by atoms with Crippen molar-refractivity contribution in [3.63, 3.8) is 0 Å². The summed E-state index contributed by atoms with van der Waals surface area (Å²) >= 11 is 12.0. The van der Waals surface area contributed by atoms with Crippen LogP contribution in [0.25, 0.3) is 16.8 Å². The third-order valence-corrected chi connectivity index (χ3v) is 5.51. The molecule has 0 aliphatic heterocycles. The second-order valence-corrected chi connectivity index (χ2v) is 7.93. The maximum Gasteiger partial charge on any atom is 0.255 e. The number of benzene rings is 2. The van der Waals surface area contributed by atoms with E-state index in [1.807, 2.05) is 0 Å². The van der Waals surface area contributed by atoms with E-state index in [1.165, 1.54) is 16.6 Å². The lowest BCUT2D eigenvalue weighted by molar-refractivity contribution is 0.0939. The highest BCUT2D eigenvalue weighted by Crippen LogP contribution is 2.30. The first-order chi connectivity index (χ1) is 15.3. The zero-order valence-electron chi connectivity index (χ0n) is 16.6. The summed E-state index contributed by atoms with van der Waals surface area (Å²) in [7, 11) is 0. The van der Waals surface area contributed by atoms with Crippen molar-refractivity contribution in [1.82, 2.24) is 19.9 Å². The lowest BCUT2D eigenvalue weighted by Crippen LogP contribution is -2.27. The minimum atomic E-state index is -0.804. The van der Waals surface area contributed by atoms with Gasteiger partial charge in [-0.15, -0.1) is 5.10 Å². The molecule has 10 heteroatoms. The Kier molecular flexibility index (Phi) is 6.27. The fraction of sp³-hybridized carbons (Fsp3) is 0.136. The van der Waals surface area contributed by atoms with Crippen molar-refractivity contribution in [1.29, 1.82) is 0 Å². The zero-order chi connectivity index (χ0) is 22.8. The van der Waals surface area contributed by atoms with Gasteiger partial charge in [0.25, 0.3) is 5.91 Å². The summed E-state index contributed by atoms with van der Waals surface area (Å²) in [5, 5.41) is 17.4. The van der Waals surface area contributed by atoms with E-state index in [0.29, 0.717) is 21.8 Å². The summed E-state index contributed by atoms with van der Waals surface area (Å²) in [5.41, 5.74) is 7.11. The predicted molar refractivity (Wildman–Crippen MR) is 121 cm³/mol. The molecule has 0 fully saturated rings. The van der Waals surface area contributed by atoms with Crippen LogP contribution < -0.4 is 11.1 Å². The summed E-state index contributed by atoms with van der Waals surface area (Å²) < 4.78 is 16.8. The molecule has 0 radical (unpaired) electrons. The van der Waals surface area contributed by atoms with Crippen LogP contribution >= 0.6 is 23.2 Å². The molecule has 4 aromatic rings. The van der Waals surface area contributed by atoms with Gasteiger partial charge in [0.05, 0.1) is 16.7 Å². The number of anilines is 1. The third-order valence-electron chi connectivity index (χ3n) is 4.94. The Hall–Kier alpha value is -3.20. The minimum Gasteiger partial charge on any atom is -0.388 e. The number of nitrogens with two attached hydrogens (primary N) is 1. The molecule has 2 aromatic carbocycles. The molecule has 32 heavy (non-hydrogen) atoms. The lowest BCUT2D eigenvalue weighted by atomic mass is 10.0. The van der Waals surface area contributed by atoms with Crippen LogP contribution in [0.1, 0.15) is 28.4 Å². The molecule has 7 nitrogen and oxygen atoms in total. The molecule has 0 saturated carbocycles. The molecule has 0 spiro atoms. The van der Waals surface area contributed by atoms with Gasteiger partial charge < -0.3 is 16.2 Å². The number of halogens is 3. The van der Waals surface area contributed by atoms with Crippen LogP contribution in [0.3, 0.4) is 0 Å². The van der Waals surface area contributed by atoms with Crippen LogP contribution in [0.4, 0.5) is 10.3 Å². The van der Waals surface area contributed by atoms with Crippen molar-refractivity contribution in [2.75, 3.05) is 12.3 Å². The summed E-state index contributed by atoms with van der Waals surface area (Å²) in [6.45, 7) is 0.119. The average molecular weight is 474 g/mol. The smallest absolute Gasteiger partial charge is 0.255 e. The van der Waals surface area contributed by atoms with Crippen molar-refractivity contribution < 1.29 is 14.3 Å². The lowest BCUT2D eigenvalue weighted by Gasteiger charge is -2.14. The van der Waals surface area contributed by atoms with E-state index in [1.54, 1.807) is 42.6 Å². The Labute approximate surface area is 192 Å². The molecule has 1 atom stereocenters. The number of hydrogen-bond donors (Lipinski definition) is 3. The molecule has 4 N–H and O–H groups in total. The summed E-state index contributed by atoms with van der Waals surface area (Å²) in [6, 6.07) is 12.9. The fourth-order valence-electron chi connectivity index (χ4n) is 3.31. The van der Waals surface area contributed by atoms with Gasteiger partial charge in [-0.25, -0.2) is 8.91 Å². The first-order valence-electron chi connectivity index (χ1n) is 9.65. The molecule has 0 aliphatic carbocycles. The Morgan fingerprint density at radius 1 is 1.19 bits per heavy atom. The number of aromatic nitrogens is 3. The van der Waals surface area contributed by atoms with E-state index in [0.717, 1.165) is 0 Å². The average Bonchev–Trinajstić information content (AvgIpc) is 3.13. The molecule has 2 aromatic heterocycles. The number of nitrogens with zero attached hydrogens (tertiary/aromatic N) is 3. The SMILES string of the molecule is Nc1nc2cc(-c3ccc(Cl)c(C(=O)NCC[C@@H](O)c4ccc(Cl)cc4)c3F)ccn2n1. The largest absolute Gasteiger partial charge is 0.388 e. The summed E-state index contributed by atoms with van der Waals surface area (Å²) in [4.78, 5) is 16.7. The molecule has 0 aliphatic rings. The Morgan fingerprint density at radius 2 is 1.94 bits per heavy atom. The van der Waals surface area contributed by atoms with Crippen LogP contribution in [0, 0.1) is 5.82 Å². The number of rotatable bonds is 6. The van der Waals surface area contributed by atoms with Gasteiger partial charge in [-0.3, -0.25) is 4.79 Å². The minimum absolute atomic E-state index is 0.0187. The van der Waals surface area contributed by atoms with E-state index < -0.39 is 17.8 Å². The summed E-state index contributed by atoms with van der Waals surface area (Å²) in [5.74, 6) is -1.34. The standard InChI is InChI=1S/C22H18Cl2FN5O2/c23-14-3-1-12(2-4-14)17(31)7-9-27-21(32)19-16(24)6-5-15(20(19)25)13-8-10-30-18(11-13)28-22(26)29-30/h1-6,8,10-11,17,31H,7,9H2,(H2,26,29)(H,27,32)/t17-/m1/s1. The van der Waals surface area contributed by atoms with Crippen LogP contribution in [0.2, 0.25) is 10.0 Å². The fourth-order valence-corrected chi connectivity index (χ4v) is 3.67. The van der Waals surface area contributed by atoms with Gasteiger partial charge in [0.15, 0.2) is 5.65 Å². The van der Waals surface area contributed by atoms with Gasteiger partial charge in [0.1, 0.15) is 5.82 Å². The van der Waals surface area contributed by atoms with Crippen LogP contribution in [0.15, 0.2) is 54.7 Å². The molecule has 2 heterocycles. The monoisotopic (exact) mass is 473 g/mol. The van der Waals surface area contributed by atoms with Gasteiger partial charge in [0.2, 0.25) is 5.95 Å². The number of nitrogen functional groups attached to an aromatic ring is 1. The number of fused-ring (bicyclic) bond motifs is 1. The molecule has 0 saturated heterocycles. The molecular formula is C22H18Cl2FN5O2. The van der Waals surface area contributed by atoms with E-state index in [2.05, 4.69) is 15.4 Å². The van der Waals surface area contributed by atoms with Crippen molar-refractivity contribution in [2.24, 2.45) is 0 Å². The Balaban J connectivity index is 1.51. The van der Waals surface area contributed by atoms with Crippen molar-refractivity contribution in [2.45, 2.75) is 12.5 Å². The van der Waals surface area contributed by atoms with Gasteiger partial charge in [-0.05, 0) is 53.9 Å². The number of aliphatic hydroxyl groups excluding tert-OH is 1. The second-order valence-electron chi connectivity index (χ2n) is 7.08. The normalized spacial score (nSPS) is 12.1. The predicted octanol–water partition coefficient (Wildman–Crippen LogP) is 4.28.